The highest BCUT2D eigenvalue weighted by molar-refractivity contribution is 7.09. The number of hydroxylamine groups is 1. The molecule has 0 atom stereocenters. The van der Waals surface area contributed by atoms with Crippen molar-refractivity contribution in [1.82, 2.24) is 10.5 Å². The highest BCUT2D eigenvalue weighted by Crippen LogP contribution is 2.09. The van der Waals surface area contributed by atoms with E-state index in [1.165, 1.54) is 16.8 Å². The molecule has 6 heteroatoms. The minimum atomic E-state index is -0.588. The van der Waals surface area contributed by atoms with E-state index < -0.39 is 5.91 Å². The quantitative estimate of drug-likeness (QED) is 0.450. The van der Waals surface area contributed by atoms with Crippen LogP contribution in [0.2, 0.25) is 0 Å². The molecule has 1 amide bonds. The fourth-order valence-electron chi connectivity index (χ4n) is 0.711. The molecule has 0 aliphatic rings. The summed E-state index contributed by atoms with van der Waals surface area (Å²) in [4.78, 5) is 14.7. The van der Waals surface area contributed by atoms with Gasteiger partial charge in [-0.2, -0.15) is 0 Å². The van der Waals surface area contributed by atoms with E-state index >= 15 is 0 Å². The van der Waals surface area contributed by atoms with Crippen molar-refractivity contribution >= 4 is 17.2 Å². The molecule has 1 aromatic heterocycles. The van der Waals surface area contributed by atoms with Gasteiger partial charge in [0.05, 0.1) is 5.01 Å². The van der Waals surface area contributed by atoms with Crippen molar-refractivity contribution in [1.29, 1.82) is 0 Å². The van der Waals surface area contributed by atoms with Gasteiger partial charge in [-0.05, 0) is 6.54 Å². The van der Waals surface area contributed by atoms with Crippen LogP contribution in [0.3, 0.4) is 0 Å². The van der Waals surface area contributed by atoms with E-state index in [1.807, 2.05) is 0 Å². The summed E-state index contributed by atoms with van der Waals surface area (Å²) in [7, 11) is 0. The lowest BCUT2D eigenvalue weighted by atomic mass is 10.4. The molecular formula is C6H9N3O2S. The molecule has 0 saturated heterocycles. The Morgan fingerprint density at radius 3 is 3.17 bits per heavy atom. The van der Waals surface area contributed by atoms with Crippen LogP contribution in [0, 0.1) is 0 Å². The number of nitrogens with two attached hydrogens (primary N) is 1. The van der Waals surface area contributed by atoms with Gasteiger partial charge in [0.2, 0.25) is 0 Å². The lowest BCUT2D eigenvalue weighted by Gasteiger charge is -1.90. The topological polar surface area (TPSA) is 88.2 Å². The predicted octanol–water partition coefficient (Wildman–Crippen LogP) is -0.237. The molecule has 1 rings (SSSR count). The highest BCUT2D eigenvalue weighted by Gasteiger charge is 2.08. The highest BCUT2D eigenvalue weighted by atomic mass is 32.1. The molecule has 0 aliphatic heterocycles. The maximum atomic E-state index is 10.8. The molecule has 12 heavy (non-hydrogen) atoms. The second kappa shape index (κ2) is 4.15. The van der Waals surface area contributed by atoms with Crippen molar-refractivity contribution in [3.8, 4) is 0 Å². The Morgan fingerprint density at radius 1 is 1.83 bits per heavy atom. The number of amides is 1. The van der Waals surface area contributed by atoms with Gasteiger partial charge in [0.15, 0.2) is 0 Å². The van der Waals surface area contributed by atoms with E-state index in [9.17, 15) is 4.79 Å². The number of nitrogens with zero attached hydrogens (tertiary/aromatic N) is 1. The molecule has 0 radical (unpaired) electrons. The Bertz CT molecular complexity index is 274. The molecule has 66 valence electrons. The Labute approximate surface area is 73.2 Å². The predicted molar refractivity (Wildman–Crippen MR) is 44.1 cm³/mol. The molecule has 1 aromatic rings. The standard InChI is InChI=1S/C6H9N3O2S/c7-2-1-5-8-4(3-12-5)6(10)9-11/h3,11H,1-2,7H2,(H,9,10). The zero-order valence-corrected chi connectivity index (χ0v) is 7.10. The third-order valence-corrected chi connectivity index (χ3v) is 2.15. The number of nitrogens with one attached hydrogen (secondary N) is 1. The van der Waals surface area contributed by atoms with E-state index in [1.54, 1.807) is 5.38 Å². The van der Waals surface area contributed by atoms with Gasteiger partial charge in [-0.3, -0.25) is 10.0 Å². The van der Waals surface area contributed by atoms with Gasteiger partial charge in [-0.1, -0.05) is 0 Å². The van der Waals surface area contributed by atoms with Gasteiger partial charge < -0.3 is 5.73 Å². The van der Waals surface area contributed by atoms with Crippen LogP contribution in [-0.4, -0.2) is 22.6 Å². The van der Waals surface area contributed by atoms with Crippen molar-refractivity contribution in [2.45, 2.75) is 6.42 Å². The van der Waals surface area contributed by atoms with Crippen LogP contribution in [0.4, 0.5) is 0 Å². The van der Waals surface area contributed by atoms with Crippen LogP contribution in [0.5, 0.6) is 0 Å². The SMILES string of the molecule is NCCc1nc(C(=O)NO)cs1. The number of hydrogen-bond acceptors (Lipinski definition) is 5. The van der Waals surface area contributed by atoms with Crippen molar-refractivity contribution in [2.75, 3.05) is 6.54 Å². The Balaban J connectivity index is 2.70. The number of hydrogen-bond donors (Lipinski definition) is 3. The van der Waals surface area contributed by atoms with Crippen molar-refractivity contribution in [2.24, 2.45) is 5.73 Å². The maximum Gasteiger partial charge on any atom is 0.294 e. The molecule has 0 unspecified atom stereocenters. The second-order valence-electron chi connectivity index (χ2n) is 2.11. The molecule has 0 aliphatic carbocycles. The normalized spacial score (nSPS) is 9.83. The average Bonchev–Trinajstić information content (AvgIpc) is 2.52. The largest absolute Gasteiger partial charge is 0.330 e. The second-order valence-corrected chi connectivity index (χ2v) is 3.05. The Hall–Kier alpha value is -0.980. The summed E-state index contributed by atoms with van der Waals surface area (Å²) in [5, 5.41) is 10.6. The molecule has 0 aromatic carbocycles. The summed E-state index contributed by atoms with van der Waals surface area (Å²) in [5.74, 6) is -0.588. The van der Waals surface area contributed by atoms with E-state index in [0.717, 1.165) is 5.01 Å². The molecular weight excluding hydrogens is 178 g/mol. The average molecular weight is 187 g/mol. The van der Waals surface area contributed by atoms with Gasteiger partial charge in [0, 0.05) is 11.8 Å². The first-order valence-corrected chi connectivity index (χ1v) is 4.24. The molecule has 0 fully saturated rings. The van der Waals surface area contributed by atoms with E-state index in [0.29, 0.717) is 13.0 Å². The number of thiazole rings is 1. The van der Waals surface area contributed by atoms with E-state index in [4.69, 9.17) is 10.9 Å². The van der Waals surface area contributed by atoms with Crippen molar-refractivity contribution < 1.29 is 10.0 Å². The third-order valence-electron chi connectivity index (χ3n) is 1.24. The van der Waals surface area contributed by atoms with Gasteiger partial charge in [0.25, 0.3) is 5.91 Å². The fraction of sp³-hybridized carbons (Fsp3) is 0.333. The Morgan fingerprint density at radius 2 is 2.58 bits per heavy atom. The zero-order chi connectivity index (χ0) is 8.97. The van der Waals surface area contributed by atoms with Crippen LogP contribution < -0.4 is 11.2 Å². The molecule has 4 N–H and O–H groups in total. The Kier molecular flexibility index (Phi) is 3.15. The van der Waals surface area contributed by atoms with E-state index in [-0.39, 0.29) is 5.69 Å². The molecule has 0 saturated carbocycles. The molecule has 1 heterocycles. The minimum Gasteiger partial charge on any atom is -0.330 e. The van der Waals surface area contributed by atoms with Gasteiger partial charge in [-0.15, -0.1) is 11.3 Å². The summed E-state index contributed by atoms with van der Waals surface area (Å²) in [5.41, 5.74) is 7.03. The van der Waals surface area contributed by atoms with Crippen molar-refractivity contribution in [3.63, 3.8) is 0 Å². The number of carbonyl (C=O) groups is 1. The third kappa shape index (κ3) is 2.00. The van der Waals surface area contributed by atoms with Crippen LogP contribution in [0.25, 0.3) is 0 Å². The summed E-state index contributed by atoms with van der Waals surface area (Å²) in [6, 6.07) is 0. The number of aromatic nitrogens is 1. The van der Waals surface area contributed by atoms with E-state index in [2.05, 4.69) is 4.98 Å². The zero-order valence-electron chi connectivity index (χ0n) is 6.28. The lowest BCUT2D eigenvalue weighted by Crippen LogP contribution is -2.19. The summed E-state index contributed by atoms with van der Waals surface area (Å²) in [6.45, 7) is 0.508. The van der Waals surface area contributed by atoms with Crippen LogP contribution >= 0.6 is 11.3 Å². The maximum absolute atomic E-state index is 10.8. The summed E-state index contributed by atoms with van der Waals surface area (Å²) in [6.07, 6.45) is 0.656. The number of carbonyl (C=O) groups excluding carboxylic acids is 1. The first-order chi connectivity index (χ1) is 5.77. The molecule has 0 spiro atoms. The van der Waals surface area contributed by atoms with Crippen LogP contribution in [0.15, 0.2) is 5.38 Å². The molecule has 5 nitrogen and oxygen atoms in total. The van der Waals surface area contributed by atoms with Gasteiger partial charge in [-0.25, -0.2) is 10.5 Å². The summed E-state index contributed by atoms with van der Waals surface area (Å²) < 4.78 is 0. The van der Waals surface area contributed by atoms with Gasteiger partial charge in [0.1, 0.15) is 5.69 Å². The monoisotopic (exact) mass is 187 g/mol. The smallest absolute Gasteiger partial charge is 0.294 e. The van der Waals surface area contributed by atoms with Crippen LogP contribution in [0.1, 0.15) is 15.5 Å². The summed E-state index contributed by atoms with van der Waals surface area (Å²) >= 11 is 1.35. The minimum absolute atomic E-state index is 0.228. The number of rotatable bonds is 3. The lowest BCUT2D eigenvalue weighted by molar-refractivity contribution is 0.0701. The molecule has 0 bridgehead atoms. The first kappa shape index (κ1) is 9.11. The van der Waals surface area contributed by atoms with Crippen molar-refractivity contribution in [3.05, 3.63) is 16.1 Å². The van der Waals surface area contributed by atoms with Crippen LogP contribution in [-0.2, 0) is 6.42 Å². The fourth-order valence-corrected chi connectivity index (χ4v) is 1.50. The van der Waals surface area contributed by atoms with Gasteiger partial charge >= 0.3 is 0 Å². The first-order valence-electron chi connectivity index (χ1n) is 3.37.